The van der Waals surface area contributed by atoms with E-state index in [1.165, 1.54) is 0 Å². The molecule has 0 amide bonds. The Labute approximate surface area is 255 Å². The van der Waals surface area contributed by atoms with Crippen molar-refractivity contribution in [1.82, 2.24) is 23.9 Å². The van der Waals surface area contributed by atoms with Crippen molar-refractivity contribution in [3.05, 3.63) is 122 Å². The van der Waals surface area contributed by atoms with Crippen molar-refractivity contribution in [3.63, 3.8) is 0 Å². The normalized spacial score (nSPS) is 15.4. The maximum atomic E-state index is 6.37. The molecule has 2 aliphatic heterocycles. The molecule has 0 aliphatic carbocycles. The van der Waals surface area contributed by atoms with Gasteiger partial charge in [0.1, 0.15) is 11.2 Å². The molecule has 0 saturated heterocycles. The molecular weight excluding hydrogens is 560 g/mol. The molecule has 9 aromatic rings. The van der Waals surface area contributed by atoms with Crippen LogP contribution in [0.1, 0.15) is 0 Å². The summed E-state index contributed by atoms with van der Waals surface area (Å²) in [5.74, 6) is 1.76. The highest BCUT2D eigenvalue weighted by molar-refractivity contribution is 6.08. The average molecular weight is 583 g/mol. The Bertz CT molecular complexity index is 2680. The first-order valence-corrected chi connectivity index (χ1v) is 14.9. The molecule has 7 heterocycles. The molecule has 1 unspecified atom stereocenters. The maximum absolute atomic E-state index is 6.37. The lowest BCUT2D eigenvalue weighted by molar-refractivity contribution is 0.668. The van der Waals surface area contributed by atoms with E-state index < -0.39 is 0 Å². The van der Waals surface area contributed by atoms with Crippen LogP contribution in [0.15, 0.2) is 126 Å². The van der Waals surface area contributed by atoms with Crippen LogP contribution in [0.25, 0.3) is 55.6 Å². The minimum absolute atomic E-state index is 0.125. The summed E-state index contributed by atoms with van der Waals surface area (Å²) in [5.41, 5.74) is 10.8. The van der Waals surface area contributed by atoms with Gasteiger partial charge in [-0.15, -0.1) is 0 Å². The quantitative estimate of drug-likeness (QED) is 0.220. The third kappa shape index (κ3) is 2.94. The summed E-state index contributed by atoms with van der Waals surface area (Å²) in [7, 11) is 0. The summed E-state index contributed by atoms with van der Waals surface area (Å²) < 4.78 is 10.7. The lowest BCUT2D eigenvalue weighted by Crippen LogP contribution is -2.40. The molecular formula is C36H22N8O. The second-order valence-electron chi connectivity index (χ2n) is 11.5. The second kappa shape index (κ2) is 8.18. The number of rotatable bonds is 2. The van der Waals surface area contributed by atoms with Crippen molar-refractivity contribution in [3.8, 4) is 5.69 Å². The maximum Gasteiger partial charge on any atom is 0.221 e. The minimum atomic E-state index is -0.125. The Hall–Kier alpha value is -6.35. The number of hydrogen-bond acceptors (Lipinski definition) is 7. The minimum Gasteiger partial charge on any atom is -0.456 e. The van der Waals surface area contributed by atoms with Crippen molar-refractivity contribution >= 4 is 78.5 Å². The van der Waals surface area contributed by atoms with Crippen molar-refractivity contribution in [2.24, 2.45) is 0 Å². The van der Waals surface area contributed by atoms with E-state index in [0.29, 0.717) is 0 Å². The van der Waals surface area contributed by atoms with Gasteiger partial charge in [-0.2, -0.15) is 0 Å². The van der Waals surface area contributed by atoms with E-state index in [-0.39, 0.29) is 6.29 Å². The number of anilines is 5. The molecule has 0 fully saturated rings. The van der Waals surface area contributed by atoms with Crippen LogP contribution in [0, 0.1) is 0 Å². The molecule has 212 valence electrons. The SMILES string of the molecule is c1ccc2c(c1)NC1N(c3ccc4oc5ccc(-n6c7cccnc7n7c8ccccc8nc67)cc5c4c3)c3cccnc3N21. The monoisotopic (exact) mass is 582 g/mol. The highest BCUT2D eigenvalue weighted by Gasteiger charge is 2.43. The zero-order valence-electron chi connectivity index (χ0n) is 23.7. The van der Waals surface area contributed by atoms with E-state index in [1.54, 1.807) is 0 Å². The number of fused-ring (bicyclic) bond motifs is 13. The van der Waals surface area contributed by atoms with Gasteiger partial charge in [0.2, 0.25) is 5.78 Å². The average Bonchev–Trinajstić information content (AvgIpc) is 3.87. The van der Waals surface area contributed by atoms with Gasteiger partial charge in [-0.25, -0.2) is 15.0 Å². The van der Waals surface area contributed by atoms with Crippen LogP contribution in [0.2, 0.25) is 0 Å². The van der Waals surface area contributed by atoms with Crippen molar-refractivity contribution < 1.29 is 4.42 Å². The Morgan fingerprint density at radius 1 is 0.644 bits per heavy atom. The van der Waals surface area contributed by atoms with Gasteiger partial charge in [0.05, 0.1) is 39.3 Å². The zero-order valence-corrected chi connectivity index (χ0v) is 23.7. The van der Waals surface area contributed by atoms with Gasteiger partial charge in [0.15, 0.2) is 17.8 Å². The lowest BCUT2D eigenvalue weighted by Gasteiger charge is -2.27. The van der Waals surface area contributed by atoms with Crippen LogP contribution >= 0.6 is 0 Å². The van der Waals surface area contributed by atoms with E-state index in [2.05, 4.69) is 103 Å². The molecule has 9 heteroatoms. The number of furan rings is 1. The van der Waals surface area contributed by atoms with E-state index in [4.69, 9.17) is 19.4 Å². The molecule has 9 nitrogen and oxygen atoms in total. The molecule has 11 rings (SSSR count). The third-order valence-corrected chi connectivity index (χ3v) is 9.13. The standard InChI is InChI=1S/C36H22N8O/c1-3-9-27-25(7-1)39-35-41(29-11-5-17-37-33(29)43(27)35)21-13-15-31-23(19-21)24-20-22(14-16-32(24)45-31)42-30-12-6-18-38-34(30)44-28-10-4-2-8-26(28)40-36(42)44/h1-20,35,39H. The van der Waals surface area contributed by atoms with Crippen LogP contribution in [-0.4, -0.2) is 30.2 Å². The van der Waals surface area contributed by atoms with Gasteiger partial charge in [-0.3, -0.25) is 18.8 Å². The number of nitrogens with one attached hydrogen (secondary N) is 1. The summed E-state index contributed by atoms with van der Waals surface area (Å²) in [5, 5.41) is 5.79. The fraction of sp³-hybridized carbons (Fsp3) is 0.0278. The molecule has 0 saturated carbocycles. The van der Waals surface area contributed by atoms with E-state index >= 15 is 0 Å². The highest BCUT2D eigenvalue weighted by atomic mass is 16.3. The number of aromatic nitrogens is 5. The molecule has 0 radical (unpaired) electrons. The summed E-state index contributed by atoms with van der Waals surface area (Å²) in [6.45, 7) is 0. The van der Waals surface area contributed by atoms with Gasteiger partial charge in [-0.1, -0.05) is 24.3 Å². The van der Waals surface area contributed by atoms with Gasteiger partial charge in [0, 0.05) is 28.9 Å². The van der Waals surface area contributed by atoms with E-state index in [9.17, 15) is 0 Å². The van der Waals surface area contributed by atoms with Crippen molar-refractivity contribution in [1.29, 1.82) is 0 Å². The number of benzene rings is 4. The summed E-state index contributed by atoms with van der Waals surface area (Å²) in [6.07, 6.45) is 3.56. The Balaban J connectivity index is 1.12. The fourth-order valence-electron chi connectivity index (χ4n) is 7.24. The van der Waals surface area contributed by atoms with Crippen LogP contribution < -0.4 is 15.1 Å². The zero-order chi connectivity index (χ0) is 29.2. The summed E-state index contributed by atoms with van der Waals surface area (Å²) in [6, 6.07) is 37.5. The molecule has 1 atom stereocenters. The van der Waals surface area contributed by atoms with E-state index in [1.807, 2.05) is 42.7 Å². The fourth-order valence-corrected chi connectivity index (χ4v) is 7.24. The molecule has 4 aromatic carbocycles. The number of pyridine rings is 2. The Kier molecular flexibility index (Phi) is 4.21. The largest absolute Gasteiger partial charge is 0.456 e. The van der Waals surface area contributed by atoms with Crippen LogP contribution in [0.4, 0.5) is 28.6 Å². The number of hydrogen-bond donors (Lipinski definition) is 1. The number of nitrogens with zero attached hydrogens (tertiary/aromatic N) is 7. The third-order valence-electron chi connectivity index (χ3n) is 9.13. The first kappa shape index (κ1) is 23.1. The molecule has 1 N–H and O–H groups in total. The predicted molar refractivity (Wildman–Crippen MR) is 177 cm³/mol. The lowest BCUT2D eigenvalue weighted by atomic mass is 10.1. The van der Waals surface area contributed by atoms with Crippen LogP contribution in [0.5, 0.6) is 0 Å². The molecule has 45 heavy (non-hydrogen) atoms. The number of imidazole rings is 2. The van der Waals surface area contributed by atoms with Gasteiger partial charge < -0.3 is 9.73 Å². The van der Waals surface area contributed by atoms with Gasteiger partial charge in [0.25, 0.3) is 0 Å². The van der Waals surface area contributed by atoms with Crippen molar-refractivity contribution in [2.75, 3.05) is 15.1 Å². The molecule has 2 aliphatic rings. The molecule has 0 spiro atoms. The first-order chi connectivity index (χ1) is 22.3. The molecule has 0 bridgehead atoms. The van der Waals surface area contributed by atoms with E-state index in [0.717, 1.165) is 84.2 Å². The van der Waals surface area contributed by atoms with Crippen molar-refractivity contribution in [2.45, 2.75) is 6.29 Å². The number of para-hydroxylation sites is 4. The smallest absolute Gasteiger partial charge is 0.221 e. The summed E-state index contributed by atoms with van der Waals surface area (Å²) >= 11 is 0. The molecule has 5 aromatic heterocycles. The van der Waals surface area contributed by atoms with Crippen LogP contribution in [-0.2, 0) is 0 Å². The Morgan fingerprint density at radius 2 is 1.38 bits per heavy atom. The Morgan fingerprint density at radius 3 is 2.31 bits per heavy atom. The topological polar surface area (TPSA) is 79.7 Å². The van der Waals surface area contributed by atoms with Gasteiger partial charge >= 0.3 is 0 Å². The second-order valence-corrected chi connectivity index (χ2v) is 11.5. The first-order valence-electron chi connectivity index (χ1n) is 14.9. The van der Waals surface area contributed by atoms with Crippen LogP contribution in [0.3, 0.4) is 0 Å². The predicted octanol–water partition coefficient (Wildman–Crippen LogP) is 8.12. The van der Waals surface area contributed by atoms with Gasteiger partial charge in [-0.05, 0) is 84.9 Å². The summed E-state index contributed by atoms with van der Waals surface area (Å²) in [4.78, 5) is 19.2. The highest BCUT2D eigenvalue weighted by Crippen LogP contribution is 2.52.